The van der Waals surface area contributed by atoms with Crippen LogP contribution in [0.1, 0.15) is 124 Å². The SMILES string of the molecule is CCCC(NC(=O)[C@H](CC(C)C)NC(=O)[C@@H](NC(=O)CC(CCC(=O)O)C(C)(C)C)C1CCCCC1)C(=O)C(=O)NCC(=O)N[C@H](C(=O)O)c1ccccc1. The van der Waals surface area contributed by atoms with E-state index < -0.39 is 72.1 Å². The van der Waals surface area contributed by atoms with Gasteiger partial charge in [0.1, 0.15) is 12.1 Å². The fraction of sp³-hybridized carbons (Fsp3) is 0.650. The number of benzene rings is 1. The number of nitrogens with one attached hydrogen (secondary N) is 5. The van der Waals surface area contributed by atoms with Crippen molar-refractivity contribution in [1.29, 1.82) is 0 Å². The molecule has 55 heavy (non-hydrogen) atoms. The predicted molar refractivity (Wildman–Crippen MR) is 204 cm³/mol. The maximum atomic E-state index is 14.0. The van der Waals surface area contributed by atoms with E-state index in [2.05, 4.69) is 26.6 Å². The summed E-state index contributed by atoms with van der Waals surface area (Å²) in [5.74, 6) is -7.41. The van der Waals surface area contributed by atoms with E-state index in [9.17, 15) is 48.6 Å². The maximum absolute atomic E-state index is 14.0. The Labute approximate surface area is 323 Å². The number of hydrogen-bond donors (Lipinski definition) is 7. The van der Waals surface area contributed by atoms with Crippen LogP contribution in [0.3, 0.4) is 0 Å². The van der Waals surface area contributed by atoms with Gasteiger partial charge >= 0.3 is 11.9 Å². The van der Waals surface area contributed by atoms with E-state index in [0.29, 0.717) is 31.2 Å². The summed E-state index contributed by atoms with van der Waals surface area (Å²) in [6, 6.07) is 3.25. The molecule has 0 aliphatic heterocycles. The second-order valence-electron chi connectivity index (χ2n) is 16.0. The number of carboxylic acid groups (broad SMARTS) is 2. The van der Waals surface area contributed by atoms with Crippen LogP contribution in [-0.2, 0) is 38.4 Å². The number of hydrogen-bond acceptors (Lipinski definition) is 8. The van der Waals surface area contributed by atoms with Crippen LogP contribution in [0.25, 0.3) is 0 Å². The normalized spacial score (nSPS) is 16.1. The van der Waals surface area contributed by atoms with Crippen molar-refractivity contribution in [2.45, 2.75) is 136 Å². The molecular formula is C40H61N5O10. The highest BCUT2D eigenvalue weighted by atomic mass is 16.4. The Bertz CT molecular complexity index is 1490. The molecule has 0 saturated heterocycles. The molecule has 2 rings (SSSR count). The first-order valence-corrected chi connectivity index (χ1v) is 19.3. The number of amides is 5. The lowest BCUT2D eigenvalue weighted by molar-refractivity contribution is -0.142. The summed E-state index contributed by atoms with van der Waals surface area (Å²) >= 11 is 0. The number of Topliss-reactive ketones (excluding diaryl/α,β-unsaturated/α-hetero) is 1. The van der Waals surface area contributed by atoms with Gasteiger partial charge in [0, 0.05) is 12.8 Å². The van der Waals surface area contributed by atoms with Crippen molar-refractivity contribution in [1.82, 2.24) is 26.6 Å². The first kappa shape index (κ1) is 46.3. The van der Waals surface area contributed by atoms with E-state index in [1.165, 1.54) is 12.1 Å². The van der Waals surface area contributed by atoms with Crippen molar-refractivity contribution in [3.63, 3.8) is 0 Å². The fourth-order valence-corrected chi connectivity index (χ4v) is 6.81. The standard InChI is InChI=1S/C40H61N5O10/c1-7-14-28(35(50)38(53)41-23-31(47)45-34(39(54)55)26-17-12-9-13-18-26)42-36(51)29(21-24(2)3)43-37(52)33(25-15-10-8-11-16-25)44-30(46)22-27(40(4,5)6)19-20-32(48)49/h9,12-13,17-18,24-25,27-29,33-34H,7-8,10-11,14-16,19-23H2,1-6H3,(H,41,53)(H,42,51)(H,43,52)(H,44,46)(H,45,47)(H,48,49)(H,54,55)/t27?,28?,29-,33-,34-/m0/s1. The average Bonchev–Trinajstić information content (AvgIpc) is 3.12. The molecule has 1 aliphatic rings. The zero-order valence-electron chi connectivity index (χ0n) is 33.1. The monoisotopic (exact) mass is 771 g/mol. The number of carboxylic acids is 2. The highest BCUT2D eigenvalue weighted by Crippen LogP contribution is 2.33. The van der Waals surface area contributed by atoms with Crippen molar-refractivity contribution >= 4 is 47.3 Å². The highest BCUT2D eigenvalue weighted by Gasteiger charge is 2.36. The van der Waals surface area contributed by atoms with Gasteiger partial charge in [0.25, 0.3) is 5.91 Å². The van der Waals surface area contributed by atoms with E-state index in [4.69, 9.17) is 0 Å². The molecule has 0 spiro atoms. The van der Waals surface area contributed by atoms with E-state index in [1.807, 2.05) is 34.6 Å². The molecule has 2 unspecified atom stereocenters. The zero-order chi connectivity index (χ0) is 41.3. The second kappa shape index (κ2) is 22.5. The lowest BCUT2D eigenvalue weighted by Gasteiger charge is -2.34. The summed E-state index contributed by atoms with van der Waals surface area (Å²) in [5.41, 5.74) is -0.0497. The summed E-state index contributed by atoms with van der Waals surface area (Å²) in [6.45, 7) is 10.6. The Morgan fingerprint density at radius 3 is 1.95 bits per heavy atom. The molecule has 7 N–H and O–H groups in total. The van der Waals surface area contributed by atoms with Crippen molar-refractivity contribution in [3.05, 3.63) is 35.9 Å². The topological polar surface area (TPSA) is 237 Å². The van der Waals surface area contributed by atoms with Gasteiger partial charge in [0.2, 0.25) is 29.4 Å². The van der Waals surface area contributed by atoms with Crippen LogP contribution in [0.4, 0.5) is 0 Å². The van der Waals surface area contributed by atoms with Gasteiger partial charge in [-0.3, -0.25) is 33.6 Å². The molecule has 15 nitrogen and oxygen atoms in total. The van der Waals surface area contributed by atoms with Crippen molar-refractivity contribution in [2.75, 3.05) is 6.54 Å². The second-order valence-corrected chi connectivity index (χ2v) is 16.0. The molecule has 1 aromatic rings. The molecule has 1 saturated carbocycles. The average molecular weight is 772 g/mol. The first-order valence-electron chi connectivity index (χ1n) is 19.3. The maximum Gasteiger partial charge on any atom is 0.330 e. The first-order chi connectivity index (χ1) is 25.8. The summed E-state index contributed by atoms with van der Waals surface area (Å²) in [4.78, 5) is 103. The van der Waals surface area contributed by atoms with Crippen LogP contribution < -0.4 is 26.6 Å². The van der Waals surface area contributed by atoms with Crippen LogP contribution in [0, 0.1) is 23.2 Å². The van der Waals surface area contributed by atoms with Crippen LogP contribution in [0.5, 0.6) is 0 Å². The van der Waals surface area contributed by atoms with Gasteiger partial charge in [-0.1, -0.05) is 97.6 Å². The number of carbonyl (C=O) groups is 8. The number of ketones is 1. The van der Waals surface area contributed by atoms with E-state index >= 15 is 0 Å². The van der Waals surface area contributed by atoms with Gasteiger partial charge in [0.15, 0.2) is 6.04 Å². The van der Waals surface area contributed by atoms with Crippen LogP contribution in [0.2, 0.25) is 0 Å². The lowest BCUT2D eigenvalue weighted by Crippen LogP contribution is -2.58. The molecule has 306 valence electrons. The van der Waals surface area contributed by atoms with Gasteiger partial charge in [0.05, 0.1) is 12.6 Å². The molecule has 0 bridgehead atoms. The molecule has 0 heterocycles. The van der Waals surface area contributed by atoms with Crippen LogP contribution >= 0.6 is 0 Å². The van der Waals surface area contributed by atoms with Gasteiger partial charge in [-0.2, -0.15) is 0 Å². The molecular weight excluding hydrogens is 710 g/mol. The molecule has 5 amide bonds. The number of rotatable bonds is 22. The van der Waals surface area contributed by atoms with E-state index in [1.54, 1.807) is 25.1 Å². The smallest absolute Gasteiger partial charge is 0.330 e. The number of carbonyl (C=O) groups excluding carboxylic acids is 6. The molecule has 1 aromatic carbocycles. The van der Waals surface area contributed by atoms with E-state index in [-0.39, 0.29) is 54.8 Å². The molecule has 0 radical (unpaired) electrons. The van der Waals surface area contributed by atoms with Crippen LogP contribution in [0.15, 0.2) is 30.3 Å². The van der Waals surface area contributed by atoms with Crippen LogP contribution in [-0.4, -0.2) is 82.1 Å². The Hall–Kier alpha value is -4.82. The third kappa shape index (κ3) is 16.2. The van der Waals surface area contributed by atoms with Gasteiger partial charge < -0.3 is 36.8 Å². The predicted octanol–water partition coefficient (Wildman–Crippen LogP) is 3.41. The molecule has 15 heteroatoms. The third-order valence-corrected chi connectivity index (χ3v) is 9.95. The minimum absolute atomic E-state index is 0.0287. The molecule has 0 aromatic heterocycles. The molecule has 1 aliphatic carbocycles. The largest absolute Gasteiger partial charge is 0.481 e. The Morgan fingerprint density at radius 2 is 1.40 bits per heavy atom. The van der Waals surface area contributed by atoms with Crippen molar-refractivity contribution < 1.29 is 48.6 Å². The minimum Gasteiger partial charge on any atom is -0.481 e. The summed E-state index contributed by atoms with van der Waals surface area (Å²) in [6.07, 6.45) is 5.06. The van der Waals surface area contributed by atoms with Gasteiger partial charge in [-0.15, -0.1) is 0 Å². The summed E-state index contributed by atoms with van der Waals surface area (Å²) < 4.78 is 0. The minimum atomic E-state index is -1.38. The Balaban J connectivity index is 2.17. The Kier molecular flexibility index (Phi) is 19.0. The van der Waals surface area contributed by atoms with E-state index in [0.717, 1.165) is 19.3 Å². The van der Waals surface area contributed by atoms with Gasteiger partial charge in [-0.25, -0.2) is 4.79 Å². The summed E-state index contributed by atoms with van der Waals surface area (Å²) in [5, 5.41) is 31.7. The zero-order valence-corrected chi connectivity index (χ0v) is 33.1. The van der Waals surface area contributed by atoms with Crippen molar-refractivity contribution in [2.24, 2.45) is 23.2 Å². The molecule has 1 fully saturated rings. The van der Waals surface area contributed by atoms with Gasteiger partial charge in [-0.05, 0) is 60.8 Å². The molecule has 5 atom stereocenters. The Morgan fingerprint density at radius 1 is 0.782 bits per heavy atom. The third-order valence-electron chi connectivity index (χ3n) is 9.95. The lowest BCUT2D eigenvalue weighted by atomic mass is 9.76. The van der Waals surface area contributed by atoms with Crippen molar-refractivity contribution in [3.8, 4) is 0 Å². The highest BCUT2D eigenvalue weighted by molar-refractivity contribution is 6.38. The quantitative estimate of drug-likeness (QED) is 0.0849. The summed E-state index contributed by atoms with van der Waals surface area (Å²) in [7, 11) is 0. The fourth-order valence-electron chi connectivity index (χ4n) is 6.81. The number of aliphatic carboxylic acids is 2.